The summed E-state index contributed by atoms with van der Waals surface area (Å²) in [5.74, 6) is 0.0527. The average Bonchev–Trinajstić information content (AvgIpc) is 3.12. The molecule has 148 valence electrons. The molecule has 0 aliphatic heterocycles. The van der Waals surface area contributed by atoms with Crippen molar-refractivity contribution in [3.63, 3.8) is 0 Å². The number of ether oxygens (including phenoxy) is 1. The van der Waals surface area contributed by atoms with Crippen LogP contribution in [0.4, 0.5) is 4.39 Å². The van der Waals surface area contributed by atoms with Crippen LogP contribution >= 0.6 is 17.0 Å². The second-order valence-corrected chi connectivity index (χ2v) is 5.91. The smallest absolute Gasteiger partial charge is 0.189 e. The lowest BCUT2D eigenvalue weighted by Crippen LogP contribution is -2.34. The van der Waals surface area contributed by atoms with Crippen molar-refractivity contribution in [1.29, 1.82) is 0 Å². The fourth-order valence-corrected chi connectivity index (χ4v) is 2.60. The normalized spacial score (nSPS) is 11.1. The van der Waals surface area contributed by atoms with Gasteiger partial charge in [0.05, 0.1) is 24.5 Å². The largest absolute Gasteiger partial charge is 0.383 e. The van der Waals surface area contributed by atoms with Gasteiger partial charge in [-0.2, -0.15) is 5.10 Å². The lowest BCUT2D eigenvalue weighted by Gasteiger charge is -2.04. The summed E-state index contributed by atoms with van der Waals surface area (Å²) >= 11 is 0. The summed E-state index contributed by atoms with van der Waals surface area (Å²) in [6, 6.07) is 16.0. The Morgan fingerprint density at radius 1 is 1.18 bits per heavy atom. The van der Waals surface area contributed by atoms with Crippen LogP contribution in [0.2, 0.25) is 0 Å². The monoisotopic (exact) mass is 447 g/mol. The number of benzene rings is 2. The Morgan fingerprint density at radius 2 is 1.89 bits per heavy atom. The molecule has 28 heavy (non-hydrogen) atoms. The van der Waals surface area contributed by atoms with Crippen molar-refractivity contribution in [2.24, 2.45) is 10.7 Å². The first-order chi connectivity index (χ1) is 13.2. The number of nitrogens with zero attached hydrogens (tertiary/aromatic N) is 3. The fraction of sp³-hybridized carbons (Fsp3) is 0.200. The summed E-state index contributed by atoms with van der Waals surface area (Å²) in [5, 5.41) is 7.66. The zero-order chi connectivity index (χ0) is 19.1. The van der Waals surface area contributed by atoms with Gasteiger partial charge in [-0.05, 0) is 36.4 Å². The predicted molar refractivity (Wildman–Crippen MR) is 114 cm³/mol. The van der Waals surface area contributed by atoms with E-state index in [9.17, 15) is 4.39 Å². The molecule has 0 unspecified atom stereocenters. The van der Waals surface area contributed by atoms with Crippen LogP contribution < -0.4 is 11.1 Å². The van der Waals surface area contributed by atoms with Crippen LogP contribution in [-0.2, 0) is 11.3 Å². The van der Waals surface area contributed by atoms with E-state index in [1.807, 2.05) is 36.5 Å². The van der Waals surface area contributed by atoms with Crippen LogP contribution in [-0.4, -0.2) is 36.0 Å². The van der Waals surface area contributed by atoms with Crippen molar-refractivity contribution >= 4 is 22.9 Å². The molecule has 0 aliphatic carbocycles. The van der Waals surface area contributed by atoms with Crippen molar-refractivity contribution in [1.82, 2.24) is 15.1 Å². The summed E-state index contributed by atoms with van der Waals surface area (Å²) in [5.41, 5.74) is 9.28. The Hall–Kier alpha value is -2.71. The molecule has 0 bridgehead atoms. The standard InChI is InChI=1S/C20H22FN5O.BrH/c1-27-12-11-23-20(22)24-13-16-14-26(18-5-3-2-4-6-18)25-19(16)15-7-9-17(21)10-8-15;/h2-10,14H,11-13H2,1H3,(H3,22,23,24);1H. The minimum Gasteiger partial charge on any atom is -0.383 e. The van der Waals surface area contributed by atoms with E-state index in [0.717, 1.165) is 22.5 Å². The third-order valence-corrected chi connectivity index (χ3v) is 3.96. The van der Waals surface area contributed by atoms with E-state index in [-0.39, 0.29) is 22.8 Å². The molecular weight excluding hydrogens is 425 g/mol. The molecule has 0 spiro atoms. The van der Waals surface area contributed by atoms with Gasteiger partial charge >= 0.3 is 0 Å². The molecule has 0 atom stereocenters. The molecule has 2 aromatic carbocycles. The number of hydrogen-bond acceptors (Lipinski definition) is 3. The van der Waals surface area contributed by atoms with Gasteiger partial charge in [0.15, 0.2) is 5.96 Å². The van der Waals surface area contributed by atoms with Gasteiger partial charge in [0.2, 0.25) is 0 Å². The number of guanidine groups is 1. The lowest BCUT2D eigenvalue weighted by atomic mass is 10.1. The van der Waals surface area contributed by atoms with Crippen molar-refractivity contribution in [3.8, 4) is 16.9 Å². The summed E-state index contributed by atoms with van der Waals surface area (Å²) in [4.78, 5) is 4.38. The van der Waals surface area contributed by atoms with Gasteiger partial charge in [0, 0.05) is 31.0 Å². The molecule has 0 saturated carbocycles. The number of nitrogens with one attached hydrogen (secondary N) is 1. The number of hydrogen-bond donors (Lipinski definition) is 2. The van der Waals surface area contributed by atoms with E-state index >= 15 is 0 Å². The van der Waals surface area contributed by atoms with Gasteiger partial charge in [-0.25, -0.2) is 14.1 Å². The highest BCUT2D eigenvalue weighted by atomic mass is 79.9. The van der Waals surface area contributed by atoms with E-state index in [1.54, 1.807) is 23.9 Å². The molecule has 0 aliphatic rings. The number of aromatic nitrogens is 2. The number of nitrogens with two attached hydrogens (primary N) is 1. The van der Waals surface area contributed by atoms with Gasteiger partial charge in [-0.3, -0.25) is 0 Å². The molecule has 1 heterocycles. The highest BCUT2D eigenvalue weighted by Gasteiger charge is 2.12. The lowest BCUT2D eigenvalue weighted by molar-refractivity contribution is 0.204. The molecule has 1 aromatic heterocycles. The molecule has 0 saturated heterocycles. The molecule has 3 rings (SSSR count). The maximum atomic E-state index is 13.3. The van der Waals surface area contributed by atoms with Crippen LogP contribution in [0, 0.1) is 5.82 Å². The number of halogens is 2. The van der Waals surface area contributed by atoms with Crippen LogP contribution in [0.15, 0.2) is 65.8 Å². The second-order valence-electron chi connectivity index (χ2n) is 5.91. The Labute approximate surface area is 174 Å². The highest BCUT2D eigenvalue weighted by molar-refractivity contribution is 8.93. The minimum atomic E-state index is -0.285. The van der Waals surface area contributed by atoms with Crippen LogP contribution in [0.1, 0.15) is 5.56 Å². The zero-order valence-corrected chi connectivity index (χ0v) is 17.2. The third kappa shape index (κ3) is 5.64. The molecule has 3 N–H and O–H groups in total. The van der Waals surface area contributed by atoms with Gasteiger partial charge in [0.25, 0.3) is 0 Å². The number of para-hydroxylation sites is 1. The van der Waals surface area contributed by atoms with E-state index in [4.69, 9.17) is 10.5 Å². The first kappa shape index (κ1) is 21.6. The van der Waals surface area contributed by atoms with E-state index in [0.29, 0.717) is 25.7 Å². The van der Waals surface area contributed by atoms with Crippen molar-refractivity contribution in [3.05, 3.63) is 72.2 Å². The van der Waals surface area contributed by atoms with E-state index in [2.05, 4.69) is 15.4 Å². The Morgan fingerprint density at radius 3 is 2.57 bits per heavy atom. The SMILES string of the molecule is Br.COCCNC(N)=NCc1cn(-c2ccccc2)nc1-c1ccc(F)cc1. The summed E-state index contributed by atoms with van der Waals surface area (Å²) in [6.45, 7) is 1.48. The minimum absolute atomic E-state index is 0. The van der Waals surface area contributed by atoms with Crippen molar-refractivity contribution in [2.75, 3.05) is 20.3 Å². The Bertz CT molecular complexity index is 897. The van der Waals surface area contributed by atoms with Gasteiger partial charge < -0.3 is 15.8 Å². The van der Waals surface area contributed by atoms with Crippen molar-refractivity contribution in [2.45, 2.75) is 6.54 Å². The first-order valence-electron chi connectivity index (χ1n) is 8.60. The molecule has 0 amide bonds. The maximum Gasteiger partial charge on any atom is 0.189 e. The van der Waals surface area contributed by atoms with Crippen LogP contribution in [0.3, 0.4) is 0 Å². The Kier molecular flexibility index (Phi) is 8.16. The van der Waals surface area contributed by atoms with Gasteiger partial charge in [-0.1, -0.05) is 18.2 Å². The summed E-state index contributed by atoms with van der Waals surface area (Å²) < 4.78 is 20.1. The molecule has 0 radical (unpaired) electrons. The quantitative estimate of drug-likeness (QED) is 0.330. The van der Waals surface area contributed by atoms with E-state index in [1.165, 1.54) is 12.1 Å². The third-order valence-electron chi connectivity index (χ3n) is 3.96. The number of methoxy groups -OCH3 is 1. The predicted octanol–water partition coefficient (Wildman–Crippen LogP) is 3.31. The summed E-state index contributed by atoms with van der Waals surface area (Å²) in [7, 11) is 1.63. The van der Waals surface area contributed by atoms with Gasteiger partial charge in [-0.15, -0.1) is 17.0 Å². The Balaban J connectivity index is 0.00000280. The van der Waals surface area contributed by atoms with Crippen molar-refractivity contribution < 1.29 is 9.13 Å². The maximum absolute atomic E-state index is 13.3. The molecule has 0 fully saturated rings. The zero-order valence-electron chi connectivity index (χ0n) is 15.5. The van der Waals surface area contributed by atoms with Crippen LogP contribution in [0.5, 0.6) is 0 Å². The average molecular weight is 448 g/mol. The molecule has 6 nitrogen and oxygen atoms in total. The molecule has 3 aromatic rings. The van der Waals surface area contributed by atoms with E-state index < -0.39 is 0 Å². The fourth-order valence-electron chi connectivity index (χ4n) is 2.60. The number of rotatable bonds is 7. The highest BCUT2D eigenvalue weighted by Crippen LogP contribution is 2.24. The van der Waals surface area contributed by atoms with Crippen LogP contribution in [0.25, 0.3) is 16.9 Å². The summed E-state index contributed by atoms with van der Waals surface area (Å²) in [6.07, 6.45) is 1.92. The first-order valence-corrected chi connectivity index (χ1v) is 8.60. The molecule has 8 heteroatoms. The molecular formula is C20H23BrFN5O. The number of aliphatic imine (C=N–C) groups is 1. The topological polar surface area (TPSA) is 77.5 Å². The second kappa shape index (κ2) is 10.6. The van der Waals surface area contributed by atoms with Gasteiger partial charge in [0.1, 0.15) is 5.82 Å².